The van der Waals surface area contributed by atoms with Gasteiger partial charge in [-0.2, -0.15) is 15.0 Å². The Kier molecular flexibility index (Phi) is 8.96. The van der Waals surface area contributed by atoms with Crippen LogP contribution < -0.4 is 14.9 Å². The van der Waals surface area contributed by atoms with Crippen LogP contribution in [0.5, 0.6) is 0 Å². The number of carbonyl (C=O) groups excluding carboxylic acids is 1. The molecule has 0 aliphatic heterocycles. The summed E-state index contributed by atoms with van der Waals surface area (Å²) in [6.45, 7) is 4.19. The number of nitrogens with one attached hydrogen (secondary N) is 2. The van der Waals surface area contributed by atoms with Crippen molar-refractivity contribution < 1.29 is 22.0 Å². The van der Waals surface area contributed by atoms with Crippen molar-refractivity contribution in [3.63, 3.8) is 0 Å². The first kappa shape index (κ1) is 29.6. The van der Waals surface area contributed by atoms with Crippen molar-refractivity contribution in [2.24, 2.45) is 0 Å². The zero-order valence-electron chi connectivity index (χ0n) is 22.5. The first-order chi connectivity index (χ1) is 19.5. The highest BCUT2D eigenvalue weighted by Gasteiger charge is 2.20. The van der Waals surface area contributed by atoms with E-state index >= 15 is 0 Å². The number of anilines is 2. The maximum atomic E-state index is 13.1. The van der Waals surface area contributed by atoms with Crippen molar-refractivity contribution >= 4 is 49.4 Å². The number of hydrogen-bond donors (Lipinski definition) is 3. The fourth-order valence-corrected chi connectivity index (χ4v) is 5.92. The molecule has 0 spiro atoms. The number of fused-ring (bicyclic) bond motifs is 1. The predicted octanol–water partition coefficient (Wildman–Crippen LogP) is 2.43. The summed E-state index contributed by atoms with van der Waals surface area (Å²) in [6.07, 6.45) is 5.95. The van der Waals surface area contributed by atoms with Crippen molar-refractivity contribution in [3.8, 4) is 11.9 Å². The number of benzene rings is 1. The molecule has 3 N–H and O–H groups in total. The number of rotatable bonds is 11. The third kappa shape index (κ3) is 7.23. The van der Waals surface area contributed by atoms with Gasteiger partial charge in [-0.15, -0.1) is 0 Å². The molecule has 0 saturated heterocycles. The van der Waals surface area contributed by atoms with E-state index in [2.05, 4.69) is 31.8 Å². The third-order valence-electron chi connectivity index (χ3n) is 5.88. The number of carbonyl (C=O) groups is 1. The van der Waals surface area contributed by atoms with Gasteiger partial charge in [-0.05, 0) is 44.0 Å². The van der Waals surface area contributed by atoms with Crippen LogP contribution in [-0.2, 0) is 27.5 Å². The van der Waals surface area contributed by atoms with Gasteiger partial charge in [0.2, 0.25) is 10.0 Å². The monoisotopic (exact) mass is 596 g/mol. The van der Waals surface area contributed by atoms with Crippen molar-refractivity contribution in [2.45, 2.75) is 26.3 Å². The van der Waals surface area contributed by atoms with Crippen molar-refractivity contribution in [1.29, 1.82) is 5.26 Å². The van der Waals surface area contributed by atoms with Crippen LogP contribution in [-0.4, -0.2) is 67.6 Å². The Balaban J connectivity index is 1.47. The maximum Gasteiger partial charge on any atom is 0.254 e. The average molecular weight is 597 g/mol. The van der Waals surface area contributed by atoms with E-state index in [1.807, 2.05) is 13.8 Å². The summed E-state index contributed by atoms with van der Waals surface area (Å²) in [5.74, 6) is -0.451. The summed E-state index contributed by atoms with van der Waals surface area (Å²) in [5, 5.41) is 20.3. The Morgan fingerprint density at radius 1 is 1.17 bits per heavy atom. The number of sulfonamides is 1. The molecule has 1 atom stereocenters. The Hall–Kier alpha value is -4.39. The molecule has 214 valence electrons. The molecule has 3 heterocycles. The lowest BCUT2D eigenvalue weighted by Crippen LogP contribution is -2.32. The molecule has 0 saturated carbocycles. The lowest BCUT2D eigenvalue weighted by molar-refractivity contribution is 0.0954. The Bertz CT molecular complexity index is 1750. The van der Waals surface area contributed by atoms with Crippen LogP contribution in [0, 0.1) is 11.3 Å². The second kappa shape index (κ2) is 12.4. The zero-order valence-corrected chi connectivity index (χ0v) is 24.1. The molecular formula is C26H28N8O5S2. The molecule has 0 bridgehead atoms. The number of aromatic nitrogens is 4. The van der Waals surface area contributed by atoms with Gasteiger partial charge in [0.1, 0.15) is 11.9 Å². The fraction of sp³-hybridized carbons (Fsp3) is 0.269. The van der Waals surface area contributed by atoms with E-state index in [-0.39, 0.29) is 17.6 Å². The molecule has 0 fully saturated rings. The van der Waals surface area contributed by atoms with Crippen molar-refractivity contribution in [3.05, 3.63) is 71.7 Å². The lowest BCUT2D eigenvalue weighted by Gasteiger charge is -2.20. The SMILES string of the molecule is CC(C)Nc1cc(-n2ncc3cc(C#N)cnc32)ncc1C(=O)NCCc1ccc(N(CS(=O)O)S(C)(=O)=O)cc1. The van der Waals surface area contributed by atoms with Crippen LogP contribution in [0.25, 0.3) is 16.9 Å². The smallest absolute Gasteiger partial charge is 0.254 e. The van der Waals surface area contributed by atoms with Gasteiger partial charge in [0, 0.05) is 36.4 Å². The summed E-state index contributed by atoms with van der Waals surface area (Å²) in [4.78, 5) is 21.9. The molecule has 0 radical (unpaired) electrons. The summed E-state index contributed by atoms with van der Waals surface area (Å²) in [7, 11) is -3.74. The minimum Gasteiger partial charge on any atom is -0.382 e. The highest BCUT2D eigenvalue weighted by Crippen LogP contribution is 2.23. The normalized spacial score (nSPS) is 12.2. The largest absolute Gasteiger partial charge is 0.382 e. The van der Waals surface area contributed by atoms with Gasteiger partial charge in [0.05, 0.1) is 35.0 Å². The number of nitrogens with zero attached hydrogens (tertiary/aromatic N) is 6. The van der Waals surface area contributed by atoms with Crippen LogP contribution in [0.1, 0.15) is 35.3 Å². The first-order valence-corrected chi connectivity index (χ1v) is 15.5. The molecule has 13 nitrogen and oxygen atoms in total. The van der Waals surface area contributed by atoms with Gasteiger partial charge >= 0.3 is 0 Å². The quantitative estimate of drug-likeness (QED) is 0.217. The molecule has 1 unspecified atom stereocenters. The fourth-order valence-electron chi connectivity index (χ4n) is 4.03. The topological polar surface area (TPSA) is 183 Å². The maximum absolute atomic E-state index is 13.1. The summed E-state index contributed by atoms with van der Waals surface area (Å²) >= 11 is -2.33. The minimum atomic E-state index is -3.74. The predicted molar refractivity (Wildman–Crippen MR) is 156 cm³/mol. The summed E-state index contributed by atoms with van der Waals surface area (Å²) in [5.41, 5.74) is 2.95. The van der Waals surface area contributed by atoms with Gasteiger partial charge in [-0.3, -0.25) is 9.10 Å². The Labute approximate surface area is 239 Å². The van der Waals surface area contributed by atoms with E-state index in [4.69, 9.17) is 9.81 Å². The van der Waals surface area contributed by atoms with E-state index in [0.717, 1.165) is 16.1 Å². The van der Waals surface area contributed by atoms with Gasteiger partial charge in [-0.25, -0.2) is 22.6 Å². The molecule has 4 aromatic rings. The highest BCUT2D eigenvalue weighted by atomic mass is 32.2. The summed E-state index contributed by atoms with van der Waals surface area (Å²) < 4.78 is 46.8. The van der Waals surface area contributed by atoms with E-state index in [1.54, 1.807) is 42.6 Å². The zero-order chi connectivity index (χ0) is 29.7. The molecule has 0 aliphatic carbocycles. The average Bonchev–Trinajstić information content (AvgIpc) is 3.34. The third-order valence-corrected chi connectivity index (χ3v) is 7.67. The van der Waals surface area contributed by atoms with Crippen LogP contribution in [0.15, 0.2) is 55.0 Å². The molecule has 15 heteroatoms. The molecule has 41 heavy (non-hydrogen) atoms. The molecule has 1 amide bonds. The lowest BCUT2D eigenvalue weighted by atomic mass is 10.1. The van der Waals surface area contributed by atoms with E-state index in [1.165, 1.54) is 17.1 Å². The number of pyridine rings is 2. The second-order valence-electron chi connectivity index (χ2n) is 9.43. The summed E-state index contributed by atoms with van der Waals surface area (Å²) in [6, 6.07) is 12.0. The van der Waals surface area contributed by atoms with E-state index in [9.17, 15) is 17.4 Å². The molecule has 3 aromatic heterocycles. The first-order valence-electron chi connectivity index (χ1n) is 12.4. The Morgan fingerprint density at radius 3 is 2.54 bits per heavy atom. The number of hydrogen-bond acceptors (Lipinski definition) is 9. The second-order valence-corrected chi connectivity index (χ2v) is 12.2. The van der Waals surface area contributed by atoms with Crippen LogP contribution in [0.2, 0.25) is 0 Å². The van der Waals surface area contributed by atoms with Crippen LogP contribution in [0.4, 0.5) is 11.4 Å². The van der Waals surface area contributed by atoms with Gasteiger partial charge in [0.25, 0.3) is 5.91 Å². The minimum absolute atomic E-state index is 0.0238. The highest BCUT2D eigenvalue weighted by molar-refractivity contribution is 7.93. The molecule has 0 aliphatic rings. The molecule has 1 aromatic carbocycles. The van der Waals surface area contributed by atoms with Crippen LogP contribution >= 0.6 is 0 Å². The molecule has 4 rings (SSSR count). The van der Waals surface area contributed by atoms with Gasteiger partial charge in [-0.1, -0.05) is 12.1 Å². The number of amides is 1. The number of nitriles is 1. The Morgan fingerprint density at radius 2 is 1.90 bits per heavy atom. The van der Waals surface area contributed by atoms with Crippen molar-refractivity contribution in [2.75, 3.05) is 28.3 Å². The molecular weight excluding hydrogens is 568 g/mol. The van der Waals surface area contributed by atoms with Gasteiger partial charge < -0.3 is 15.2 Å². The van der Waals surface area contributed by atoms with Crippen molar-refractivity contribution in [1.82, 2.24) is 25.1 Å². The van der Waals surface area contributed by atoms with Gasteiger partial charge in [0.15, 0.2) is 22.5 Å². The van der Waals surface area contributed by atoms with E-state index < -0.39 is 27.0 Å². The standard InChI is InChI=1S/C26H28N8O5S2/c1-17(2)32-23-11-24(34-25-20(14-31-34)10-19(12-27)13-30-25)29-15-22(23)26(35)28-9-8-18-4-6-21(7-5-18)33(16-40(36)37)41(3,38)39/h4-7,10-11,13-15,17H,8-9,16H2,1-3H3,(H,28,35)(H,29,32)(H,36,37). The van der Waals surface area contributed by atoms with Crippen LogP contribution in [0.3, 0.4) is 0 Å². The van der Waals surface area contributed by atoms with E-state index in [0.29, 0.717) is 46.6 Å².